The van der Waals surface area contributed by atoms with Gasteiger partial charge in [0.2, 0.25) is 0 Å². The van der Waals surface area contributed by atoms with Gasteiger partial charge in [0.15, 0.2) is 6.29 Å². The Hall–Kier alpha value is 0.360. The molecule has 1 aliphatic rings. The van der Waals surface area contributed by atoms with Crippen LogP contribution in [0.2, 0.25) is 0 Å². The van der Waals surface area contributed by atoms with Crippen molar-refractivity contribution in [3.8, 4) is 0 Å². The van der Waals surface area contributed by atoms with Gasteiger partial charge in [-0.25, -0.2) is 0 Å². The second-order valence-corrected chi connectivity index (χ2v) is 4.76. The first-order chi connectivity index (χ1) is 6.35. The molecular weight excluding hydrogens is 204 g/mol. The lowest BCUT2D eigenvalue weighted by Crippen LogP contribution is -2.11. The summed E-state index contributed by atoms with van der Waals surface area (Å²) < 4.78 is 9.84. The van der Waals surface area contributed by atoms with Crippen LogP contribution in [0.3, 0.4) is 0 Å². The Morgan fingerprint density at radius 1 is 1.38 bits per heavy atom. The highest BCUT2D eigenvalue weighted by Gasteiger charge is 1.99. The van der Waals surface area contributed by atoms with Crippen molar-refractivity contribution in [3.05, 3.63) is 11.5 Å². The lowest BCUT2D eigenvalue weighted by molar-refractivity contribution is -0.106. The Bertz CT molecular complexity index is 119. The van der Waals surface area contributed by atoms with Gasteiger partial charge in [0.05, 0.1) is 0 Å². The monoisotopic (exact) mass is 222 g/mol. The Kier molecular flexibility index (Phi) is 10.7. The highest BCUT2D eigenvalue weighted by Crippen LogP contribution is 2.27. The van der Waals surface area contributed by atoms with E-state index in [1.54, 1.807) is 14.2 Å². The number of methoxy groups -OCH3 is 2. The first-order valence-corrected chi connectivity index (χ1v) is 6.72. The minimum Gasteiger partial charge on any atom is -0.356 e. The number of rotatable bonds is 4. The van der Waals surface area contributed by atoms with Crippen LogP contribution in [0.5, 0.6) is 0 Å². The third-order valence-corrected chi connectivity index (χ3v) is 3.35. The van der Waals surface area contributed by atoms with E-state index < -0.39 is 0 Å². The van der Waals surface area contributed by atoms with E-state index in [0.717, 1.165) is 12.8 Å². The average molecular weight is 222 g/mol. The van der Waals surface area contributed by atoms with Crippen molar-refractivity contribution in [1.29, 1.82) is 0 Å². The molecule has 0 saturated carbocycles. The summed E-state index contributed by atoms with van der Waals surface area (Å²) in [4.78, 5) is 0. The lowest BCUT2D eigenvalue weighted by Gasteiger charge is -2.10. The zero-order chi connectivity index (χ0) is 9.94. The maximum atomic E-state index is 4.92. The van der Waals surface area contributed by atoms with E-state index in [1.807, 2.05) is 21.6 Å². The first-order valence-electron chi connectivity index (χ1n) is 4.34. The Balaban J connectivity index is 0.000000243. The Morgan fingerprint density at radius 2 is 2.08 bits per heavy atom. The minimum absolute atomic E-state index is 0.000000000000000444. The van der Waals surface area contributed by atoms with Crippen LogP contribution >= 0.6 is 21.6 Å². The van der Waals surface area contributed by atoms with E-state index in [2.05, 4.69) is 18.4 Å². The molecule has 0 spiro atoms. The van der Waals surface area contributed by atoms with Gasteiger partial charge in [0, 0.05) is 20.0 Å². The zero-order valence-electron chi connectivity index (χ0n) is 8.49. The molecule has 2 nitrogen and oxygen atoms in total. The second kappa shape index (κ2) is 10.4. The van der Waals surface area contributed by atoms with E-state index in [-0.39, 0.29) is 6.29 Å². The summed E-state index contributed by atoms with van der Waals surface area (Å²) in [5, 5.41) is 2.12. The van der Waals surface area contributed by atoms with Crippen LogP contribution in [-0.2, 0) is 9.47 Å². The van der Waals surface area contributed by atoms with Crippen LogP contribution < -0.4 is 0 Å². The zero-order valence-corrected chi connectivity index (χ0v) is 10.1. The highest BCUT2D eigenvalue weighted by atomic mass is 33.1. The molecule has 0 unspecified atom stereocenters. The van der Waals surface area contributed by atoms with Crippen LogP contribution in [-0.4, -0.2) is 26.3 Å². The molecule has 0 saturated heterocycles. The van der Waals surface area contributed by atoms with Crippen molar-refractivity contribution >= 4 is 21.6 Å². The molecule has 0 N–H and O–H groups in total. The van der Waals surface area contributed by atoms with Gasteiger partial charge in [-0.05, 0) is 11.8 Å². The maximum absolute atomic E-state index is 4.92. The van der Waals surface area contributed by atoms with Crippen LogP contribution in [0.25, 0.3) is 0 Å². The average Bonchev–Trinajstić information content (AvgIpc) is 2.72. The first kappa shape index (κ1) is 13.4. The van der Waals surface area contributed by atoms with Crippen molar-refractivity contribution in [1.82, 2.24) is 0 Å². The van der Waals surface area contributed by atoms with Gasteiger partial charge in [-0.15, -0.1) is 0 Å². The van der Waals surface area contributed by atoms with Crippen molar-refractivity contribution in [2.45, 2.75) is 26.1 Å². The predicted octanol–water partition coefficient (Wildman–Crippen LogP) is 3.30. The molecule has 1 aliphatic heterocycles. The maximum Gasteiger partial charge on any atom is 0.156 e. The van der Waals surface area contributed by atoms with Gasteiger partial charge < -0.3 is 9.47 Å². The summed E-state index contributed by atoms with van der Waals surface area (Å²) in [6.07, 6.45) is 4.24. The molecule has 0 aromatic carbocycles. The molecule has 0 amide bonds. The largest absolute Gasteiger partial charge is 0.356 e. The summed E-state index contributed by atoms with van der Waals surface area (Å²) >= 11 is 0. The molecule has 13 heavy (non-hydrogen) atoms. The number of ether oxygens (including phenoxy) is 2. The van der Waals surface area contributed by atoms with E-state index in [4.69, 9.17) is 9.47 Å². The summed E-state index contributed by atoms with van der Waals surface area (Å²) in [5.74, 6) is 1.20. The van der Waals surface area contributed by atoms with E-state index in [9.17, 15) is 0 Å². The van der Waals surface area contributed by atoms with E-state index >= 15 is 0 Å². The highest BCUT2D eigenvalue weighted by molar-refractivity contribution is 8.78. The van der Waals surface area contributed by atoms with Crippen molar-refractivity contribution in [2.24, 2.45) is 0 Å². The van der Waals surface area contributed by atoms with Crippen molar-refractivity contribution < 1.29 is 9.47 Å². The summed E-state index contributed by atoms with van der Waals surface area (Å²) in [6.45, 7) is 2.10. The quantitative estimate of drug-likeness (QED) is 0.536. The SMILES string of the molecule is C1=CSSC1.CCCC(OC)OC. The topological polar surface area (TPSA) is 18.5 Å². The third kappa shape index (κ3) is 8.68. The van der Waals surface area contributed by atoms with Crippen LogP contribution in [0, 0.1) is 0 Å². The molecule has 0 fully saturated rings. The molecule has 0 aromatic rings. The predicted molar refractivity (Wildman–Crippen MR) is 61.9 cm³/mol. The fraction of sp³-hybridized carbons (Fsp3) is 0.778. The Labute approximate surface area is 88.8 Å². The summed E-state index contributed by atoms with van der Waals surface area (Å²) in [6, 6.07) is 0. The molecule has 0 aromatic heterocycles. The number of hydrogen-bond donors (Lipinski definition) is 0. The van der Waals surface area contributed by atoms with Gasteiger partial charge in [-0.3, -0.25) is 0 Å². The fourth-order valence-electron chi connectivity index (χ4n) is 0.764. The molecular formula is C9H18O2S2. The molecule has 0 bridgehead atoms. The standard InChI is InChI=1S/C6H14O2.C3H4S2/c1-4-5-6(7-2)8-3;1-2-4-5-3-1/h6H,4-5H2,1-3H3;1-2H,3H2. The van der Waals surface area contributed by atoms with Crippen LogP contribution in [0.4, 0.5) is 0 Å². The summed E-state index contributed by atoms with van der Waals surface area (Å²) in [7, 11) is 7.00. The molecule has 78 valence electrons. The van der Waals surface area contributed by atoms with Crippen LogP contribution in [0.1, 0.15) is 19.8 Å². The van der Waals surface area contributed by atoms with Crippen molar-refractivity contribution in [3.63, 3.8) is 0 Å². The Morgan fingerprint density at radius 3 is 2.23 bits per heavy atom. The molecule has 4 heteroatoms. The molecule has 0 radical (unpaired) electrons. The van der Waals surface area contributed by atoms with Gasteiger partial charge in [-0.1, -0.05) is 41.0 Å². The molecule has 1 heterocycles. The number of hydrogen-bond acceptors (Lipinski definition) is 4. The lowest BCUT2D eigenvalue weighted by atomic mass is 10.3. The fourth-order valence-corrected chi connectivity index (χ4v) is 2.34. The normalized spacial score (nSPS) is 14.5. The molecule has 1 rings (SSSR count). The third-order valence-electron chi connectivity index (χ3n) is 1.43. The molecule has 0 aliphatic carbocycles. The molecule has 0 atom stereocenters. The van der Waals surface area contributed by atoms with Gasteiger partial charge in [0.25, 0.3) is 0 Å². The summed E-state index contributed by atoms with van der Waals surface area (Å²) in [5.41, 5.74) is 0. The second-order valence-electron chi connectivity index (χ2n) is 2.44. The van der Waals surface area contributed by atoms with Gasteiger partial charge in [-0.2, -0.15) is 0 Å². The van der Waals surface area contributed by atoms with E-state index in [0.29, 0.717) is 0 Å². The van der Waals surface area contributed by atoms with E-state index in [1.165, 1.54) is 5.75 Å². The van der Waals surface area contributed by atoms with Gasteiger partial charge >= 0.3 is 0 Å². The smallest absolute Gasteiger partial charge is 0.156 e. The van der Waals surface area contributed by atoms with Crippen LogP contribution in [0.15, 0.2) is 11.5 Å². The van der Waals surface area contributed by atoms with Gasteiger partial charge in [0.1, 0.15) is 0 Å². The minimum atomic E-state index is -0.000000000000000444. The van der Waals surface area contributed by atoms with Crippen molar-refractivity contribution in [2.75, 3.05) is 20.0 Å².